The Labute approximate surface area is 114 Å². The van der Waals surface area contributed by atoms with Crippen molar-refractivity contribution in [1.82, 2.24) is 0 Å². The van der Waals surface area contributed by atoms with Crippen LogP contribution in [0.25, 0.3) is 0 Å². The number of benzene rings is 1. The molecule has 0 saturated carbocycles. The summed E-state index contributed by atoms with van der Waals surface area (Å²) in [5.41, 5.74) is -0.488. The summed E-state index contributed by atoms with van der Waals surface area (Å²) in [6, 6.07) is 2.64. The molecule has 106 valence electrons. The van der Waals surface area contributed by atoms with Gasteiger partial charge < -0.3 is 9.47 Å². The Morgan fingerprint density at radius 1 is 1.37 bits per heavy atom. The Kier molecular flexibility index (Phi) is 5.71. The third-order valence-corrected chi connectivity index (χ3v) is 3.46. The highest BCUT2D eigenvalue weighted by molar-refractivity contribution is 8.13. The van der Waals surface area contributed by atoms with Crippen LogP contribution in [-0.4, -0.2) is 34.2 Å². The van der Waals surface area contributed by atoms with E-state index in [2.05, 4.69) is 0 Å². The number of carbonyl (C=O) groups excluding carboxylic acids is 1. The maximum Gasteiger partial charge on any atom is 0.341 e. The van der Waals surface area contributed by atoms with Gasteiger partial charge in [0.15, 0.2) is 0 Å². The minimum absolute atomic E-state index is 0.0516. The van der Waals surface area contributed by atoms with Crippen LogP contribution in [0.1, 0.15) is 17.3 Å². The van der Waals surface area contributed by atoms with E-state index in [0.717, 1.165) is 18.2 Å². The molecule has 0 amide bonds. The van der Waals surface area contributed by atoms with Crippen molar-refractivity contribution in [2.75, 3.05) is 19.8 Å². The average Bonchev–Trinajstić information content (AvgIpc) is 2.33. The number of esters is 1. The molecular weight excluding hydrogens is 299 g/mol. The fraction of sp³-hybridized carbons (Fsp3) is 0.364. The van der Waals surface area contributed by atoms with Gasteiger partial charge in [0, 0.05) is 17.3 Å². The molecule has 0 N–H and O–H groups in total. The number of rotatable bonds is 6. The van der Waals surface area contributed by atoms with Crippen LogP contribution in [0, 0.1) is 5.82 Å². The first-order valence-corrected chi connectivity index (χ1v) is 7.66. The van der Waals surface area contributed by atoms with Gasteiger partial charge in [-0.15, -0.1) is 0 Å². The number of halogens is 2. The number of hydrogen-bond acceptors (Lipinski definition) is 5. The minimum atomic E-state index is -4.03. The Hall–Kier alpha value is -1.18. The fourth-order valence-electron chi connectivity index (χ4n) is 1.23. The van der Waals surface area contributed by atoms with E-state index in [1.54, 1.807) is 6.92 Å². The van der Waals surface area contributed by atoms with Crippen LogP contribution in [0.15, 0.2) is 23.1 Å². The lowest BCUT2D eigenvalue weighted by atomic mass is 10.2. The van der Waals surface area contributed by atoms with E-state index >= 15 is 0 Å². The molecule has 1 aromatic rings. The van der Waals surface area contributed by atoms with Gasteiger partial charge in [0.1, 0.15) is 12.4 Å². The third kappa shape index (κ3) is 4.77. The van der Waals surface area contributed by atoms with Gasteiger partial charge in [-0.3, -0.25) is 0 Å². The zero-order chi connectivity index (χ0) is 14.5. The molecule has 19 heavy (non-hydrogen) atoms. The fourth-order valence-corrected chi connectivity index (χ4v) is 2.00. The average molecular weight is 311 g/mol. The summed E-state index contributed by atoms with van der Waals surface area (Å²) in [7, 11) is 1.08. The van der Waals surface area contributed by atoms with Crippen molar-refractivity contribution < 1.29 is 27.1 Å². The predicted molar refractivity (Wildman–Crippen MR) is 66.2 cm³/mol. The van der Waals surface area contributed by atoms with E-state index in [0.29, 0.717) is 6.61 Å². The highest BCUT2D eigenvalue weighted by atomic mass is 35.7. The summed E-state index contributed by atoms with van der Waals surface area (Å²) in [5, 5.41) is 0. The second-order valence-corrected chi connectivity index (χ2v) is 5.98. The SMILES string of the molecule is CCOCCOC(=O)c1cc(S(=O)(=O)Cl)ccc1F. The maximum absolute atomic E-state index is 13.4. The molecule has 1 aromatic carbocycles. The first-order valence-electron chi connectivity index (χ1n) is 5.35. The molecule has 0 aliphatic rings. The van der Waals surface area contributed by atoms with E-state index in [9.17, 15) is 17.6 Å². The van der Waals surface area contributed by atoms with Gasteiger partial charge in [-0.1, -0.05) is 0 Å². The van der Waals surface area contributed by atoms with Crippen LogP contribution in [0.3, 0.4) is 0 Å². The van der Waals surface area contributed by atoms with E-state index in [1.807, 2.05) is 0 Å². The molecule has 1 rings (SSSR count). The molecule has 5 nitrogen and oxygen atoms in total. The van der Waals surface area contributed by atoms with Gasteiger partial charge in [0.2, 0.25) is 0 Å². The van der Waals surface area contributed by atoms with Crippen LogP contribution in [0.4, 0.5) is 4.39 Å². The normalized spacial score (nSPS) is 11.3. The van der Waals surface area contributed by atoms with Crippen LogP contribution in [0.5, 0.6) is 0 Å². The van der Waals surface area contributed by atoms with E-state index in [4.69, 9.17) is 20.2 Å². The molecule has 0 aromatic heterocycles. The van der Waals surface area contributed by atoms with E-state index < -0.39 is 26.4 Å². The smallest absolute Gasteiger partial charge is 0.341 e. The molecule has 0 aliphatic heterocycles. The Morgan fingerprint density at radius 3 is 2.63 bits per heavy atom. The molecule has 0 heterocycles. The van der Waals surface area contributed by atoms with E-state index in [1.165, 1.54) is 0 Å². The summed E-state index contributed by atoms with van der Waals surface area (Å²) in [5.74, 6) is -1.86. The van der Waals surface area contributed by atoms with Crippen LogP contribution in [-0.2, 0) is 18.5 Å². The molecule has 8 heteroatoms. The lowest BCUT2D eigenvalue weighted by Gasteiger charge is -2.06. The highest BCUT2D eigenvalue weighted by Crippen LogP contribution is 2.19. The molecule has 0 unspecified atom stereocenters. The molecule has 0 radical (unpaired) electrons. The van der Waals surface area contributed by atoms with Gasteiger partial charge in [-0.25, -0.2) is 17.6 Å². The zero-order valence-electron chi connectivity index (χ0n) is 10.1. The van der Waals surface area contributed by atoms with Crippen LogP contribution < -0.4 is 0 Å². The van der Waals surface area contributed by atoms with Gasteiger partial charge >= 0.3 is 5.97 Å². The Morgan fingerprint density at radius 2 is 2.05 bits per heavy atom. The minimum Gasteiger partial charge on any atom is -0.460 e. The molecule has 0 fully saturated rings. The van der Waals surface area contributed by atoms with Crippen molar-refractivity contribution in [3.05, 3.63) is 29.6 Å². The molecule has 0 spiro atoms. The van der Waals surface area contributed by atoms with Gasteiger partial charge in [-0.05, 0) is 25.1 Å². The first-order chi connectivity index (χ1) is 8.86. The number of ether oxygens (including phenoxy) is 2. The number of carbonyl (C=O) groups is 1. The standard InChI is InChI=1S/C11H12ClFO5S/c1-2-17-5-6-18-11(14)9-7-8(19(12,15)16)3-4-10(9)13/h3-4,7H,2,5-6H2,1H3. The summed E-state index contributed by atoms with van der Waals surface area (Å²) in [6.45, 7) is 2.36. The topological polar surface area (TPSA) is 69.7 Å². The van der Waals surface area contributed by atoms with Crippen molar-refractivity contribution in [1.29, 1.82) is 0 Å². The molecule has 0 bridgehead atoms. The summed E-state index contributed by atoms with van der Waals surface area (Å²) in [6.07, 6.45) is 0. The molecular formula is C11H12ClFO5S. The maximum atomic E-state index is 13.4. The molecule has 0 atom stereocenters. The summed E-state index contributed by atoms with van der Waals surface area (Å²) >= 11 is 0. The lowest BCUT2D eigenvalue weighted by Crippen LogP contribution is -2.12. The van der Waals surface area contributed by atoms with Crippen LogP contribution >= 0.6 is 10.7 Å². The van der Waals surface area contributed by atoms with Crippen molar-refractivity contribution in [3.63, 3.8) is 0 Å². The highest BCUT2D eigenvalue weighted by Gasteiger charge is 2.18. The Balaban J connectivity index is 2.84. The molecule has 0 saturated heterocycles. The van der Waals surface area contributed by atoms with E-state index in [-0.39, 0.29) is 18.1 Å². The van der Waals surface area contributed by atoms with Crippen molar-refractivity contribution in [2.45, 2.75) is 11.8 Å². The van der Waals surface area contributed by atoms with Crippen molar-refractivity contribution in [2.24, 2.45) is 0 Å². The monoisotopic (exact) mass is 310 g/mol. The van der Waals surface area contributed by atoms with Gasteiger partial charge in [0.05, 0.1) is 17.1 Å². The van der Waals surface area contributed by atoms with Crippen molar-refractivity contribution >= 4 is 25.7 Å². The van der Waals surface area contributed by atoms with Gasteiger partial charge in [-0.2, -0.15) is 0 Å². The predicted octanol–water partition coefficient (Wildman–Crippen LogP) is 1.95. The Bertz CT molecular complexity index is 558. The van der Waals surface area contributed by atoms with Crippen LogP contribution in [0.2, 0.25) is 0 Å². The first kappa shape index (κ1) is 15.9. The molecule has 0 aliphatic carbocycles. The second kappa shape index (κ2) is 6.83. The van der Waals surface area contributed by atoms with Crippen molar-refractivity contribution in [3.8, 4) is 0 Å². The van der Waals surface area contributed by atoms with Gasteiger partial charge in [0.25, 0.3) is 9.05 Å². The zero-order valence-corrected chi connectivity index (χ0v) is 11.6. The number of hydrogen-bond donors (Lipinski definition) is 0. The second-order valence-electron chi connectivity index (χ2n) is 3.41. The quantitative estimate of drug-likeness (QED) is 0.456. The third-order valence-electron chi connectivity index (χ3n) is 2.10. The summed E-state index contributed by atoms with van der Waals surface area (Å²) < 4.78 is 45.3. The largest absolute Gasteiger partial charge is 0.460 e. The lowest BCUT2D eigenvalue weighted by molar-refractivity contribution is 0.0330. The summed E-state index contributed by atoms with van der Waals surface area (Å²) in [4.78, 5) is 11.2.